The average Bonchev–Trinajstić information content (AvgIpc) is 2.77. The van der Waals surface area contributed by atoms with Crippen LogP contribution >= 0.6 is 22.9 Å². The van der Waals surface area contributed by atoms with Crippen LogP contribution in [0.5, 0.6) is 0 Å². The van der Waals surface area contributed by atoms with E-state index >= 15 is 0 Å². The molecule has 1 aromatic carbocycles. The van der Waals surface area contributed by atoms with Crippen molar-refractivity contribution >= 4 is 22.9 Å². The molecular formula is C15H18ClNS. The van der Waals surface area contributed by atoms with Gasteiger partial charge in [0.05, 0.1) is 4.34 Å². The van der Waals surface area contributed by atoms with Crippen molar-refractivity contribution in [2.45, 2.75) is 25.8 Å². The van der Waals surface area contributed by atoms with Crippen molar-refractivity contribution < 1.29 is 0 Å². The molecule has 1 N–H and O–H groups in total. The Bertz CT molecular complexity index is 507. The highest BCUT2D eigenvalue weighted by Gasteiger charge is 2.11. The van der Waals surface area contributed by atoms with Gasteiger partial charge in [0.2, 0.25) is 0 Å². The van der Waals surface area contributed by atoms with Crippen LogP contribution in [0.4, 0.5) is 0 Å². The maximum atomic E-state index is 5.99. The van der Waals surface area contributed by atoms with Gasteiger partial charge < -0.3 is 5.32 Å². The zero-order valence-corrected chi connectivity index (χ0v) is 12.3. The molecule has 96 valence electrons. The van der Waals surface area contributed by atoms with E-state index < -0.39 is 0 Å². The Balaban J connectivity index is 1.99. The summed E-state index contributed by atoms with van der Waals surface area (Å²) in [5.41, 5.74) is 2.73. The van der Waals surface area contributed by atoms with Crippen LogP contribution in [0.1, 0.15) is 28.5 Å². The minimum absolute atomic E-state index is 0.392. The van der Waals surface area contributed by atoms with Crippen LogP contribution in [0.2, 0.25) is 4.34 Å². The maximum absolute atomic E-state index is 5.99. The SMILES string of the molecule is CNC(CCc1cccc(C)c1)c1ccc(Cl)s1. The molecule has 0 fully saturated rings. The molecule has 0 aliphatic heterocycles. The van der Waals surface area contributed by atoms with Crippen molar-refractivity contribution in [3.63, 3.8) is 0 Å². The summed E-state index contributed by atoms with van der Waals surface area (Å²) in [5.74, 6) is 0. The molecule has 0 spiro atoms. The van der Waals surface area contributed by atoms with E-state index in [-0.39, 0.29) is 0 Å². The molecule has 18 heavy (non-hydrogen) atoms. The number of hydrogen-bond donors (Lipinski definition) is 1. The summed E-state index contributed by atoms with van der Waals surface area (Å²) in [7, 11) is 2.01. The fourth-order valence-corrected chi connectivity index (χ4v) is 3.33. The van der Waals surface area contributed by atoms with E-state index in [1.165, 1.54) is 16.0 Å². The van der Waals surface area contributed by atoms with Gasteiger partial charge in [0, 0.05) is 10.9 Å². The molecule has 2 aromatic rings. The molecule has 0 aliphatic rings. The summed E-state index contributed by atoms with van der Waals surface area (Å²) >= 11 is 7.65. The first-order valence-electron chi connectivity index (χ1n) is 6.17. The fraction of sp³-hybridized carbons (Fsp3) is 0.333. The second-order valence-corrected chi connectivity index (χ2v) is 6.26. The van der Waals surface area contributed by atoms with Gasteiger partial charge >= 0.3 is 0 Å². The molecule has 0 saturated heterocycles. The van der Waals surface area contributed by atoms with E-state index in [1.807, 2.05) is 13.1 Å². The van der Waals surface area contributed by atoms with Crippen LogP contribution in [0.25, 0.3) is 0 Å². The predicted molar refractivity (Wildman–Crippen MR) is 80.6 cm³/mol. The zero-order chi connectivity index (χ0) is 13.0. The Hall–Kier alpha value is -0.830. The Morgan fingerprint density at radius 3 is 2.72 bits per heavy atom. The Morgan fingerprint density at radius 1 is 1.28 bits per heavy atom. The van der Waals surface area contributed by atoms with Gasteiger partial charge in [-0.3, -0.25) is 0 Å². The van der Waals surface area contributed by atoms with Crippen LogP contribution in [-0.4, -0.2) is 7.05 Å². The molecule has 0 aliphatic carbocycles. The fourth-order valence-electron chi connectivity index (χ4n) is 2.12. The summed E-state index contributed by atoms with van der Waals surface area (Å²) in [6.07, 6.45) is 2.18. The topological polar surface area (TPSA) is 12.0 Å². The highest BCUT2D eigenvalue weighted by molar-refractivity contribution is 7.16. The second kappa shape index (κ2) is 6.37. The molecule has 1 heterocycles. The van der Waals surface area contributed by atoms with Gasteiger partial charge in [0.1, 0.15) is 0 Å². The van der Waals surface area contributed by atoms with Crippen LogP contribution in [0, 0.1) is 6.92 Å². The van der Waals surface area contributed by atoms with Crippen molar-refractivity contribution in [1.29, 1.82) is 0 Å². The van der Waals surface area contributed by atoms with Crippen molar-refractivity contribution in [3.05, 3.63) is 56.7 Å². The van der Waals surface area contributed by atoms with Gasteiger partial charge in [-0.25, -0.2) is 0 Å². The highest BCUT2D eigenvalue weighted by atomic mass is 35.5. The predicted octanol–water partition coefficient (Wildman–Crippen LogP) is 4.60. The first kappa shape index (κ1) is 13.6. The molecule has 3 heteroatoms. The third kappa shape index (κ3) is 3.58. The number of nitrogens with one attached hydrogen (secondary N) is 1. The normalized spacial score (nSPS) is 12.6. The first-order valence-corrected chi connectivity index (χ1v) is 7.36. The van der Waals surface area contributed by atoms with E-state index in [0.29, 0.717) is 6.04 Å². The molecule has 1 aromatic heterocycles. The van der Waals surface area contributed by atoms with Gasteiger partial charge in [-0.1, -0.05) is 41.4 Å². The monoisotopic (exact) mass is 279 g/mol. The quantitative estimate of drug-likeness (QED) is 0.843. The molecule has 2 rings (SSSR count). The number of rotatable bonds is 5. The van der Waals surface area contributed by atoms with Crippen LogP contribution < -0.4 is 5.32 Å². The lowest BCUT2D eigenvalue weighted by Crippen LogP contribution is -2.15. The van der Waals surface area contributed by atoms with E-state index in [1.54, 1.807) is 11.3 Å². The standard InChI is InChI=1S/C15H18ClNS/c1-11-4-3-5-12(10-11)6-7-13(17-2)14-8-9-15(16)18-14/h3-5,8-10,13,17H,6-7H2,1-2H3. The lowest BCUT2D eigenvalue weighted by molar-refractivity contribution is 0.558. The van der Waals surface area contributed by atoms with E-state index in [4.69, 9.17) is 11.6 Å². The zero-order valence-electron chi connectivity index (χ0n) is 10.7. The Labute approximate surface area is 118 Å². The average molecular weight is 280 g/mol. The number of aryl methyl sites for hydroxylation is 2. The molecule has 1 unspecified atom stereocenters. The number of benzene rings is 1. The highest BCUT2D eigenvalue weighted by Crippen LogP contribution is 2.29. The van der Waals surface area contributed by atoms with Gasteiger partial charge in [0.25, 0.3) is 0 Å². The van der Waals surface area contributed by atoms with Gasteiger partial charge in [-0.2, -0.15) is 0 Å². The van der Waals surface area contributed by atoms with Gasteiger partial charge in [-0.05, 0) is 44.5 Å². The smallest absolute Gasteiger partial charge is 0.0931 e. The van der Waals surface area contributed by atoms with Gasteiger partial charge in [-0.15, -0.1) is 11.3 Å². The van der Waals surface area contributed by atoms with Crippen LogP contribution in [0.15, 0.2) is 36.4 Å². The third-order valence-corrected chi connectivity index (χ3v) is 4.43. The summed E-state index contributed by atoms with van der Waals surface area (Å²) in [6.45, 7) is 2.14. The summed E-state index contributed by atoms with van der Waals surface area (Å²) in [6, 6.07) is 13.2. The summed E-state index contributed by atoms with van der Waals surface area (Å²) in [5, 5.41) is 3.37. The molecule has 1 nitrogen and oxygen atoms in total. The van der Waals surface area contributed by atoms with E-state index in [0.717, 1.165) is 17.2 Å². The maximum Gasteiger partial charge on any atom is 0.0931 e. The van der Waals surface area contributed by atoms with E-state index in [2.05, 4.69) is 42.6 Å². The second-order valence-electron chi connectivity index (χ2n) is 4.51. The van der Waals surface area contributed by atoms with Crippen molar-refractivity contribution in [3.8, 4) is 0 Å². The first-order chi connectivity index (χ1) is 8.69. The minimum Gasteiger partial charge on any atom is -0.312 e. The Kier molecular flexibility index (Phi) is 4.81. The third-order valence-electron chi connectivity index (χ3n) is 3.09. The van der Waals surface area contributed by atoms with E-state index in [9.17, 15) is 0 Å². The largest absolute Gasteiger partial charge is 0.312 e. The number of halogens is 1. The molecule has 0 amide bonds. The van der Waals surface area contributed by atoms with Crippen LogP contribution in [0.3, 0.4) is 0 Å². The lowest BCUT2D eigenvalue weighted by Gasteiger charge is -2.14. The van der Waals surface area contributed by atoms with Crippen molar-refractivity contribution in [2.24, 2.45) is 0 Å². The summed E-state index contributed by atoms with van der Waals surface area (Å²) in [4.78, 5) is 1.31. The Morgan fingerprint density at radius 2 is 2.11 bits per heavy atom. The number of thiophene rings is 1. The molecule has 0 saturated carbocycles. The minimum atomic E-state index is 0.392. The molecule has 1 atom stereocenters. The summed E-state index contributed by atoms with van der Waals surface area (Å²) < 4.78 is 0.862. The molecular weight excluding hydrogens is 262 g/mol. The van der Waals surface area contributed by atoms with Crippen molar-refractivity contribution in [2.75, 3.05) is 7.05 Å². The number of hydrogen-bond acceptors (Lipinski definition) is 2. The van der Waals surface area contributed by atoms with Crippen LogP contribution in [-0.2, 0) is 6.42 Å². The molecule has 0 bridgehead atoms. The lowest BCUT2D eigenvalue weighted by atomic mass is 10.0. The molecule has 0 radical (unpaired) electrons. The van der Waals surface area contributed by atoms with Gasteiger partial charge in [0.15, 0.2) is 0 Å². The van der Waals surface area contributed by atoms with Crippen molar-refractivity contribution in [1.82, 2.24) is 5.32 Å².